The first-order valence-corrected chi connectivity index (χ1v) is 7.57. The molecule has 0 radical (unpaired) electrons. The molecule has 1 aliphatic heterocycles. The summed E-state index contributed by atoms with van der Waals surface area (Å²) < 4.78 is 38.3. The van der Waals surface area contributed by atoms with Crippen LogP contribution in [0, 0.1) is 5.92 Å². The third-order valence-electron chi connectivity index (χ3n) is 4.33. The summed E-state index contributed by atoms with van der Waals surface area (Å²) in [4.78, 5) is 6.07. The summed E-state index contributed by atoms with van der Waals surface area (Å²) in [6.07, 6.45) is -0.406. The molecule has 0 saturated carbocycles. The zero-order valence-electron chi connectivity index (χ0n) is 12.6. The standard InChI is InChI=1S/C17H18F3N3/c18-17(19,20)13-5-8-23(9-6-13)14-3-4-16(21)15(10-14)12-2-1-7-22-11-12/h1-4,7,10-11,13H,5-6,8-9,21H2. The molecule has 1 aliphatic rings. The first-order valence-electron chi connectivity index (χ1n) is 7.57. The van der Waals surface area contributed by atoms with Crippen LogP contribution >= 0.6 is 0 Å². The van der Waals surface area contributed by atoms with Gasteiger partial charge >= 0.3 is 6.18 Å². The van der Waals surface area contributed by atoms with Crippen LogP contribution in [0.2, 0.25) is 0 Å². The molecule has 6 heteroatoms. The van der Waals surface area contributed by atoms with E-state index in [0.717, 1.165) is 16.8 Å². The van der Waals surface area contributed by atoms with Gasteiger partial charge in [0.15, 0.2) is 0 Å². The monoisotopic (exact) mass is 321 g/mol. The molecule has 2 aromatic rings. The zero-order valence-corrected chi connectivity index (χ0v) is 12.6. The second-order valence-electron chi connectivity index (χ2n) is 5.82. The highest BCUT2D eigenvalue weighted by molar-refractivity contribution is 5.79. The number of aromatic nitrogens is 1. The number of nitrogens with two attached hydrogens (primary N) is 1. The summed E-state index contributed by atoms with van der Waals surface area (Å²) in [6.45, 7) is 0.807. The number of halogens is 3. The van der Waals surface area contributed by atoms with Gasteiger partial charge in [-0.1, -0.05) is 6.07 Å². The Labute approximate surface area is 132 Å². The molecule has 23 heavy (non-hydrogen) atoms. The van der Waals surface area contributed by atoms with E-state index in [1.54, 1.807) is 18.5 Å². The molecule has 0 bridgehead atoms. The molecule has 0 unspecified atom stereocenters. The summed E-state index contributed by atoms with van der Waals surface area (Å²) in [7, 11) is 0. The Kier molecular flexibility index (Phi) is 4.15. The predicted octanol–water partition coefficient (Wildman–Crippen LogP) is 4.11. The molecule has 0 amide bonds. The van der Waals surface area contributed by atoms with Crippen LogP contribution in [0.1, 0.15) is 12.8 Å². The van der Waals surface area contributed by atoms with E-state index in [1.165, 1.54) is 0 Å². The molecule has 0 spiro atoms. The average Bonchev–Trinajstić information content (AvgIpc) is 2.55. The predicted molar refractivity (Wildman–Crippen MR) is 85.1 cm³/mol. The Bertz CT molecular complexity index is 663. The first kappa shape index (κ1) is 15.6. The van der Waals surface area contributed by atoms with Gasteiger partial charge in [-0.25, -0.2) is 0 Å². The number of piperidine rings is 1. The lowest BCUT2D eigenvalue weighted by Crippen LogP contribution is -2.39. The molecule has 1 fully saturated rings. The topological polar surface area (TPSA) is 42.1 Å². The second kappa shape index (κ2) is 6.10. The molecule has 1 aromatic carbocycles. The number of benzene rings is 1. The lowest BCUT2D eigenvalue weighted by Gasteiger charge is -2.34. The van der Waals surface area contributed by atoms with E-state index in [0.29, 0.717) is 18.8 Å². The van der Waals surface area contributed by atoms with E-state index in [2.05, 4.69) is 4.98 Å². The summed E-state index contributed by atoms with van der Waals surface area (Å²) >= 11 is 0. The molecule has 2 heterocycles. The lowest BCUT2D eigenvalue weighted by atomic mass is 9.95. The van der Waals surface area contributed by atoms with E-state index < -0.39 is 12.1 Å². The smallest absolute Gasteiger partial charge is 0.391 e. The number of hydrogen-bond donors (Lipinski definition) is 1. The normalized spacial score (nSPS) is 16.6. The minimum absolute atomic E-state index is 0.135. The van der Waals surface area contributed by atoms with E-state index in [9.17, 15) is 13.2 Å². The van der Waals surface area contributed by atoms with Crippen LogP contribution in [0.3, 0.4) is 0 Å². The number of nitrogen functional groups attached to an aromatic ring is 1. The van der Waals surface area contributed by atoms with Crippen LogP contribution in [-0.2, 0) is 0 Å². The summed E-state index contributed by atoms with van der Waals surface area (Å²) in [5.41, 5.74) is 9.32. The van der Waals surface area contributed by atoms with E-state index in [4.69, 9.17) is 5.73 Å². The summed E-state index contributed by atoms with van der Waals surface area (Å²) in [5, 5.41) is 0. The largest absolute Gasteiger partial charge is 0.398 e. The molecule has 1 saturated heterocycles. The number of pyridine rings is 1. The fourth-order valence-electron chi connectivity index (χ4n) is 2.98. The maximum Gasteiger partial charge on any atom is 0.391 e. The van der Waals surface area contributed by atoms with Gasteiger partial charge in [-0.3, -0.25) is 4.98 Å². The highest BCUT2D eigenvalue weighted by Gasteiger charge is 2.41. The van der Waals surface area contributed by atoms with E-state index in [-0.39, 0.29) is 12.8 Å². The van der Waals surface area contributed by atoms with Crippen LogP contribution in [-0.4, -0.2) is 24.2 Å². The van der Waals surface area contributed by atoms with Crippen molar-refractivity contribution in [3.63, 3.8) is 0 Å². The maximum absolute atomic E-state index is 12.8. The van der Waals surface area contributed by atoms with Gasteiger partial charge in [0.1, 0.15) is 0 Å². The highest BCUT2D eigenvalue weighted by Crippen LogP contribution is 2.36. The quantitative estimate of drug-likeness (QED) is 0.847. The summed E-state index contributed by atoms with van der Waals surface area (Å²) in [5.74, 6) is -1.19. The van der Waals surface area contributed by atoms with Gasteiger partial charge in [-0.15, -0.1) is 0 Å². The first-order chi connectivity index (χ1) is 10.9. The lowest BCUT2D eigenvalue weighted by molar-refractivity contribution is -0.179. The molecule has 0 atom stereocenters. The number of anilines is 2. The fourth-order valence-corrected chi connectivity index (χ4v) is 2.98. The minimum Gasteiger partial charge on any atom is -0.398 e. The van der Waals surface area contributed by atoms with Crippen molar-refractivity contribution in [2.45, 2.75) is 19.0 Å². The molecule has 3 rings (SSSR count). The van der Waals surface area contributed by atoms with Crippen molar-refractivity contribution < 1.29 is 13.2 Å². The number of nitrogens with zero attached hydrogens (tertiary/aromatic N) is 2. The van der Waals surface area contributed by atoms with Crippen molar-refractivity contribution in [1.82, 2.24) is 4.98 Å². The fraction of sp³-hybridized carbons (Fsp3) is 0.353. The number of hydrogen-bond acceptors (Lipinski definition) is 3. The number of rotatable bonds is 2. The van der Waals surface area contributed by atoms with Crippen molar-refractivity contribution >= 4 is 11.4 Å². The van der Waals surface area contributed by atoms with Crippen LogP contribution < -0.4 is 10.6 Å². The molecule has 1 aromatic heterocycles. The van der Waals surface area contributed by atoms with Crippen molar-refractivity contribution in [1.29, 1.82) is 0 Å². The maximum atomic E-state index is 12.8. The Morgan fingerprint density at radius 3 is 2.48 bits per heavy atom. The molecule has 3 nitrogen and oxygen atoms in total. The van der Waals surface area contributed by atoms with Crippen molar-refractivity contribution in [2.75, 3.05) is 23.7 Å². The second-order valence-corrected chi connectivity index (χ2v) is 5.82. The Morgan fingerprint density at radius 2 is 1.87 bits per heavy atom. The molecule has 122 valence electrons. The third kappa shape index (κ3) is 3.41. The van der Waals surface area contributed by atoms with Crippen molar-refractivity contribution in [3.8, 4) is 11.1 Å². The average molecular weight is 321 g/mol. The molecular weight excluding hydrogens is 303 g/mol. The Balaban J connectivity index is 1.80. The van der Waals surface area contributed by atoms with E-state index >= 15 is 0 Å². The van der Waals surface area contributed by atoms with Gasteiger partial charge in [-0.05, 0) is 37.1 Å². The van der Waals surface area contributed by atoms with E-state index in [1.807, 2.05) is 29.2 Å². The van der Waals surface area contributed by atoms with Gasteiger partial charge in [0, 0.05) is 48.0 Å². The molecular formula is C17H18F3N3. The Hall–Kier alpha value is -2.24. The van der Waals surface area contributed by atoms with Crippen molar-refractivity contribution in [2.24, 2.45) is 5.92 Å². The zero-order chi connectivity index (χ0) is 16.4. The number of alkyl halides is 3. The van der Waals surface area contributed by atoms with Gasteiger partial charge in [0.2, 0.25) is 0 Å². The summed E-state index contributed by atoms with van der Waals surface area (Å²) in [6, 6.07) is 9.34. The van der Waals surface area contributed by atoms with Crippen LogP contribution in [0.5, 0.6) is 0 Å². The Morgan fingerprint density at radius 1 is 1.13 bits per heavy atom. The van der Waals surface area contributed by atoms with Crippen LogP contribution in [0.4, 0.5) is 24.5 Å². The van der Waals surface area contributed by atoms with Crippen LogP contribution in [0.15, 0.2) is 42.7 Å². The van der Waals surface area contributed by atoms with Gasteiger partial charge in [0.25, 0.3) is 0 Å². The molecule has 2 N–H and O–H groups in total. The van der Waals surface area contributed by atoms with Gasteiger partial charge in [-0.2, -0.15) is 13.2 Å². The third-order valence-corrected chi connectivity index (χ3v) is 4.33. The molecule has 0 aliphatic carbocycles. The van der Waals surface area contributed by atoms with Gasteiger partial charge in [0.05, 0.1) is 5.92 Å². The minimum atomic E-state index is -4.09. The van der Waals surface area contributed by atoms with Crippen LogP contribution in [0.25, 0.3) is 11.1 Å². The van der Waals surface area contributed by atoms with Crippen molar-refractivity contribution in [3.05, 3.63) is 42.7 Å². The SMILES string of the molecule is Nc1ccc(N2CCC(C(F)(F)F)CC2)cc1-c1cccnc1. The highest BCUT2D eigenvalue weighted by atomic mass is 19.4. The van der Waals surface area contributed by atoms with Gasteiger partial charge < -0.3 is 10.6 Å².